The number of aryl methyl sites for hydroxylation is 2. The standard InChI is InChI=1S/C8H12N2O/c1-6-5-10(2)9-7(6)8(11)3-4-8/h5,11H,3-4H2,1-2H3. The normalized spacial score (nSPS) is 20.3. The van der Waals surface area contributed by atoms with Gasteiger partial charge in [0.1, 0.15) is 5.60 Å². The maximum Gasteiger partial charge on any atom is 0.109 e. The number of aliphatic hydroxyl groups is 1. The molecule has 0 radical (unpaired) electrons. The van der Waals surface area contributed by atoms with E-state index in [4.69, 9.17) is 0 Å². The maximum atomic E-state index is 9.72. The molecular formula is C8H12N2O. The highest BCUT2D eigenvalue weighted by atomic mass is 16.3. The summed E-state index contributed by atoms with van der Waals surface area (Å²) in [5.41, 5.74) is 1.37. The average Bonchev–Trinajstić information content (AvgIpc) is 2.55. The molecule has 3 nitrogen and oxygen atoms in total. The molecule has 0 atom stereocenters. The fraction of sp³-hybridized carbons (Fsp3) is 0.625. The van der Waals surface area contributed by atoms with Gasteiger partial charge in [-0.3, -0.25) is 4.68 Å². The minimum Gasteiger partial charge on any atom is -0.383 e. The van der Waals surface area contributed by atoms with Crippen molar-refractivity contribution < 1.29 is 5.11 Å². The first-order valence-corrected chi connectivity index (χ1v) is 3.85. The molecule has 1 fully saturated rings. The molecular weight excluding hydrogens is 140 g/mol. The quantitative estimate of drug-likeness (QED) is 0.643. The van der Waals surface area contributed by atoms with E-state index < -0.39 is 5.60 Å². The van der Waals surface area contributed by atoms with Crippen LogP contribution in [0.25, 0.3) is 0 Å². The zero-order valence-corrected chi connectivity index (χ0v) is 6.83. The molecule has 0 spiro atoms. The van der Waals surface area contributed by atoms with Crippen LogP contribution in [0, 0.1) is 6.92 Å². The van der Waals surface area contributed by atoms with Gasteiger partial charge in [0.05, 0.1) is 5.69 Å². The van der Waals surface area contributed by atoms with E-state index in [1.807, 2.05) is 20.2 Å². The van der Waals surface area contributed by atoms with Crippen molar-refractivity contribution in [1.82, 2.24) is 9.78 Å². The van der Waals surface area contributed by atoms with Crippen LogP contribution in [0.15, 0.2) is 6.20 Å². The minimum absolute atomic E-state index is 0.578. The van der Waals surface area contributed by atoms with E-state index in [1.54, 1.807) is 4.68 Å². The molecule has 0 aliphatic heterocycles. The van der Waals surface area contributed by atoms with E-state index in [2.05, 4.69) is 5.10 Å². The summed E-state index contributed by atoms with van der Waals surface area (Å²) in [7, 11) is 1.88. The monoisotopic (exact) mass is 152 g/mol. The lowest BCUT2D eigenvalue weighted by atomic mass is 10.1. The number of rotatable bonds is 1. The lowest BCUT2D eigenvalue weighted by molar-refractivity contribution is 0.145. The van der Waals surface area contributed by atoms with Crippen LogP contribution in [0.2, 0.25) is 0 Å². The van der Waals surface area contributed by atoms with E-state index in [1.165, 1.54) is 0 Å². The molecule has 11 heavy (non-hydrogen) atoms. The Balaban J connectivity index is 2.44. The summed E-state index contributed by atoms with van der Waals surface area (Å²) >= 11 is 0. The Morgan fingerprint density at radius 1 is 1.64 bits per heavy atom. The van der Waals surface area contributed by atoms with Gasteiger partial charge in [-0.2, -0.15) is 5.10 Å². The van der Waals surface area contributed by atoms with Crippen molar-refractivity contribution in [1.29, 1.82) is 0 Å². The van der Waals surface area contributed by atoms with Gasteiger partial charge in [0, 0.05) is 13.2 Å². The third kappa shape index (κ3) is 0.959. The van der Waals surface area contributed by atoms with Gasteiger partial charge in [0.25, 0.3) is 0 Å². The van der Waals surface area contributed by atoms with Crippen LogP contribution >= 0.6 is 0 Å². The Kier molecular flexibility index (Phi) is 1.16. The molecule has 0 saturated heterocycles. The van der Waals surface area contributed by atoms with Crippen molar-refractivity contribution in [3.63, 3.8) is 0 Å². The summed E-state index contributed by atoms with van der Waals surface area (Å²) in [5.74, 6) is 0. The van der Waals surface area contributed by atoms with Gasteiger partial charge < -0.3 is 5.11 Å². The molecule has 1 aromatic rings. The van der Waals surface area contributed by atoms with Crippen LogP contribution in [-0.2, 0) is 12.6 Å². The van der Waals surface area contributed by atoms with Crippen molar-refractivity contribution in [3.05, 3.63) is 17.5 Å². The largest absolute Gasteiger partial charge is 0.383 e. The van der Waals surface area contributed by atoms with Crippen LogP contribution in [-0.4, -0.2) is 14.9 Å². The Bertz CT molecular complexity index is 286. The summed E-state index contributed by atoms with van der Waals surface area (Å²) < 4.78 is 1.75. The molecule has 1 aliphatic carbocycles. The zero-order valence-electron chi connectivity index (χ0n) is 6.83. The molecule has 1 aliphatic rings. The van der Waals surface area contributed by atoms with Crippen LogP contribution in [0.1, 0.15) is 24.1 Å². The highest BCUT2D eigenvalue weighted by molar-refractivity contribution is 5.26. The first-order chi connectivity index (χ1) is 5.12. The summed E-state index contributed by atoms with van der Waals surface area (Å²) in [6.45, 7) is 1.98. The van der Waals surface area contributed by atoms with Gasteiger partial charge >= 0.3 is 0 Å². The molecule has 1 saturated carbocycles. The molecule has 0 unspecified atom stereocenters. The van der Waals surface area contributed by atoms with Gasteiger partial charge in [0.2, 0.25) is 0 Å². The van der Waals surface area contributed by atoms with Crippen molar-refractivity contribution >= 4 is 0 Å². The molecule has 60 valence electrons. The Hall–Kier alpha value is -0.830. The summed E-state index contributed by atoms with van der Waals surface area (Å²) in [5, 5.41) is 13.9. The molecule has 1 N–H and O–H groups in total. The second kappa shape index (κ2) is 1.85. The molecule has 0 aromatic carbocycles. The summed E-state index contributed by atoms with van der Waals surface area (Å²) in [4.78, 5) is 0. The number of nitrogens with zero attached hydrogens (tertiary/aromatic N) is 2. The van der Waals surface area contributed by atoms with Crippen LogP contribution < -0.4 is 0 Å². The Morgan fingerprint density at radius 3 is 2.64 bits per heavy atom. The number of hydrogen-bond acceptors (Lipinski definition) is 2. The molecule has 0 bridgehead atoms. The van der Waals surface area contributed by atoms with E-state index in [9.17, 15) is 5.11 Å². The lowest BCUT2D eigenvalue weighted by Crippen LogP contribution is -2.07. The summed E-state index contributed by atoms with van der Waals surface area (Å²) in [6.07, 6.45) is 3.67. The number of aromatic nitrogens is 2. The zero-order chi connectivity index (χ0) is 8.06. The summed E-state index contributed by atoms with van der Waals surface area (Å²) in [6, 6.07) is 0. The highest BCUT2D eigenvalue weighted by Gasteiger charge is 2.45. The third-order valence-corrected chi connectivity index (χ3v) is 2.18. The first kappa shape index (κ1) is 6.85. The van der Waals surface area contributed by atoms with Crippen molar-refractivity contribution in [2.75, 3.05) is 0 Å². The second-order valence-electron chi connectivity index (χ2n) is 3.37. The van der Waals surface area contributed by atoms with Gasteiger partial charge in [-0.25, -0.2) is 0 Å². The van der Waals surface area contributed by atoms with Crippen LogP contribution in [0.4, 0.5) is 0 Å². The van der Waals surface area contributed by atoms with Gasteiger partial charge in [0.15, 0.2) is 0 Å². The number of hydrogen-bond donors (Lipinski definition) is 1. The smallest absolute Gasteiger partial charge is 0.109 e. The van der Waals surface area contributed by atoms with Crippen molar-refractivity contribution in [2.45, 2.75) is 25.4 Å². The average molecular weight is 152 g/mol. The van der Waals surface area contributed by atoms with E-state index >= 15 is 0 Å². The SMILES string of the molecule is Cc1cn(C)nc1C1(O)CC1. The predicted molar refractivity (Wildman–Crippen MR) is 41.1 cm³/mol. The maximum absolute atomic E-state index is 9.72. The Morgan fingerprint density at radius 2 is 2.27 bits per heavy atom. The molecule has 1 heterocycles. The lowest BCUT2D eigenvalue weighted by Gasteiger charge is -2.02. The molecule has 1 aromatic heterocycles. The van der Waals surface area contributed by atoms with Crippen LogP contribution in [0.5, 0.6) is 0 Å². The van der Waals surface area contributed by atoms with E-state index in [0.717, 1.165) is 24.1 Å². The molecule has 2 rings (SSSR count). The Labute approximate surface area is 65.7 Å². The molecule has 3 heteroatoms. The van der Waals surface area contributed by atoms with E-state index in [0.29, 0.717) is 0 Å². The topological polar surface area (TPSA) is 38.0 Å². The third-order valence-electron chi connectivity index (χ3n) is 2.18. The van der Waals surface area contributed by atoms with Gasteiger partial charge in [-0.15, -0.1) is 0 Å². The predicted octanol–water partition coefficient (Wildman–Crippen LogP) is 0.710. The minimum atomic E-state index is -0.578. The highest BCUT2D eigenvalue weighted by Crippen LogP contribution is 2.45. The fourth-order valence-electron chi connectivity index (χ4n) is 1.42. The second-order valence-corrected chi connectivity index (χ2v) is 3.37. The fourth-order valence-corrected chi connectivity index (χ4v) is 1.42. The molecule has 0 amide bonds. The van der Waals surface area contributed by atoms with E-state index in [-0.39, 0.29) is 0 Å². The van der Waals surface area contributed by atoms with Crippen molar-refractivity contribution in [3.8, 4) is 0 Å². The van der Waals surface area contributed by atoms with Crippen LogP contribution in [0.3, 0.4) is 0 Å². The van der Waals surface area contributed by atoms with Crippen molar-refractivity contribution in [2.24, 2.45) is 7.05 Å². The van der Waals surface area contributed by atoms with Gasteiger partial charge in [-0.1, -0.05) is 0 Å². The van der Waals surface area contributed by atoms with Gasteiger partial charge in [-0.05, 0) is 25.3 Å². The first-order valence-electron chi connectivity index (χ1n) is 3.85.